The van der Waals surface area contributed by atoms with Crippen LogP contribution < -0.4 is 5.32 Å². The van der Waals surface area contributed by atoms with Crippen LogP contribution in [0.2, 0.25) is 0 Å². The molecule has 2 aliphatic rings. The Kier molecular flexibility index (Phi) is 2.82. The van der Waals surface area contributed by atoms with Gasteiger partial charge >= 0.3 is 0 Å². The van der Waals surface area contributed by atoms with E-state index in [2.05, 4.69) is 34.2 Å². The maximum Gasteiger partial charge on any atom is 0.147 e. The SMILES string of the molecule is CN1CCN(C)C(c2ncc3c(n2)CNC3)C1. The van der Waals surface area contributed by atoms with Gasteiger partial charge in [0.05, 0.1) is 11.7 Å². The van der Waals surface area contributed by atoms with Gasteiger partial charge in [-0.2, -0.15) is 0 Å². The zero-order valence-corrected chi connectivity index (χ0v) is 10.5. The van der Waals surface area contributed by atoms with Crippen LogP contribution in [0.3, 0.4) is 0 Å². The van der Waals surface area contributed by atoms with E-state index in [9.17, 15) is 0 Å². The lowest BCUT2D eigenvalue weighted by molar-refractivity contribution is 0.109. The van der Waals surface area contributed by atoms with Gasteiger partial charge in [0.15, 0.2) is 0 Å². The molecule has 0 spiro atoms. The summed E-state index contributed by atoms with van der Waals surface area (Å²) in [6.07, 6.45) is 1.99. The molecule has 1 aromatic heterocycles. The third-order valence-electron chi connectivity index (χ3n) is 3.73. The number of hydrogen-bond donors (Lipinski definition) is 1. The molecule has 1 fully saturated rings. The predicted octanol–water partition coefficient (Wildman–Crippen LogP) is -0.00190. The summed E-state index contributed by atoms with van der Waals surface area (Å²) in [6.45, 7) is 5.02. The van der Waals surface area contributed by atoms with Crippen molar-refractivity contribution in [1.29, 1.82) is 0 Å². The quantitative estimate of drug-likeness (QED) is 0.739. The van der Waals surface area contributed by atoms with E-state index >= 15 is 0 Å². The second-order valence-electron chi connectivity index (χ2n) is 5.06. The lowest BCUT2D eigenvalue weighted by Gasteiger charge is -2.36. The summed E-state index contributed by atoms with van der Waals surface area (Å²) in [6, 6.07) is 0.333. The lowest BCUT2D eigenvalue weighted by Crippen LogP contribution is -2.45. The minimum atomic E-state index is 0.333. The lowest BCUT2D eigenvalue weighted by atomic mass is 10.1. The highest BCUT2D eigenvalue weighted by Crippen LogP contribution is 2.22. The molecule has 5 nitrogen and oxygen atoms in total. The molecular formula is C12H19N5. The molecule has 0 bridgehead atoms. The van der Waals surface area contributed by atoms with Gasteiger partial charge in [-0.05, 0) is 14.1 Å². The first-order valence-electron chi connectivity index (χ1n) is 6.18. The van der Waals surface area contributed by atoms with Crippen LogP contribution in [0.25, 0.3) is 0 Å². The zero-order valence-electron chi connectivity index (χ0n) is 10.5. The van der Waals surface area contributed by atoms with Crippen LogP contribution in [0.15, 0.2) is 6.20 Å². The largest absolute Gasteiger partial charge is 0.307 e. The monoisotopic (exact) mass is 233 g/mol. The predicted molar refractivity (Wildman–Crippen MR) is 65.4 cm³/mol. The molecule has 2 aliphatic heterocycles. The van der Waals surface area contributed by atoms with Gasteiger partial charge in [0, 0.05) is 44.5 Å². The van der Waals surface area contributed by atoms with Crippen LogP contribution in [0, 0.1) is 0 Å². The van der Waals surface area contributed by atoms with E-state index < -0.39 is 0 Å². The molecule has 0 saturated carbocycles. The van der Waals surface area contributed by atoms with E-state index in [0.29, 0.717) is 6.04 Å². The van der Waals surface area contributed by atoms with Gasteiger partial charge in [-0.1, -0.05) is 0 Å². The van der Waals surface area contributed by atoms with Crippen molar-refractivity contribution in [3.8, 4) is 0 Å². The Morgan fingerprint density at radius 1 is 1.29 bits per heavy atom. The maximum atomic E-state index is 4.72. The molecule has 0 aromatic carbocycles. The Balaban J connectivity index is 1.87. The van der Waals surface area contributed by atoms with Gasteiger partial charge in [-0.3, -0.25) is 4.90 Å². The molecule has 92 valence electrons. The maximum absolute atomic E-state index is 4.72. The highest BCUT2D eigenvalue weighted by atomic mass is 15.3. The summed E-state index contributed by atoms with van der Waals surface area (Å²) in [5, 5.41) is 3.31. The molecule has 17 heavy (non-hydrogen) atoms. The second kappa shape index (κ2) is 4.33. The Hall–Kier alpha value is -1.04. The van der Waals surface area contributed by atoms with Crippen LogP contribution in [-0.4, -0.2) is 53.5 Å². The topological polar surface area (TPSA) is 44.3 Å². The van der Waals surface area contributed by atoms with E-state index in [-0.39, 0.29) is 0 Å². The highest BCUT2D eigenvalue weighted by Gasteiger charge is 2.27. The Morgan fingerprint density at radius 2 is 2.18 bits per heavy atom. The number of nitrogens with zero attached hydrogens (tertiary/aromatic N) is 4. The summed E-state index contributed by atoms with van der Waals surface area (Å²) < 4.78 is 0. The Bertz CT molecular complexity index is 419. The van der Waals surface area contributed by atoms with Gasteiger partial charge in [0.1, 0.15) is 5.82 Å². The molecular weight excluding hydrogens is 214 g/mol. The smallest absolute Gasteiger partial charge is 0.147 e. The molecule has 1 aromatic rings. The van der Waals surface area contributed by atoms with Crippen molar-refractivity contribution in [3.05, 3.63) is 23.3 Å². The minimum Gasteiger partial charge on any atom is -0.307 e. The van der Waals surface area contributed by atoms with Gasteiger partial charge in [0.2, 0.25) is 0 Å². The third-order valence-corrected chi connectivity index (χ3v) is 3.73. The highest BCUT2D eigenvalue weighted by molar-refractivity contribution is 5.22. The van der Waals surface area contributed by atoms with Gasteiger partial charge in [-0.15, -0.1) is 0 Å². The molecule has 3 heterocycles. The van der Waals surface area contributed by atoms with Crippen LogP contribution in [0.4, 0.5) is 0 Å². The van der Waals surface area contributed by atoms with Crippen molar-refractivity contribution in [2.75, 3.05) is 33.7 Å². The van der Waals surface area contributed by atoms with Crippen molar-refractivity contribution in [3.63, 3.8) is 0 Å². The summed E-state index contributed by atoms with van der Waals surface area (Å²) in [5.74, 6) is 0.974. The molecule has 0 radical (unpaired) electrons. The van der Waals surface area contributed by atoms with Crippen molar-refractivity contribution < 1.29 is 0 Å². The van der Waals surface area contributed by atoms with Crippen LogP contribution in [-0.2, 0) is 13.1 Å². The first-order valence-corrected chi connectivity index (χ1v) is 6.18. The van der Waals surface area contributed by atoms with E-state index in [1.54, 1.807) is 0 Å². The average Bonchev–Trinajstić information content (AvgIpc) is 2.79. The molecule has 1 N–H and O–H groups in total. The number of likely N-dealkylation sites (N-methyl/N-ethyl adjacent to an activating group) is 2. The summed E-state index contributed by atoms with van der Waals surface area (Å²) in [7, 11) is 4.32. The van der Waals surface area contributed by atoms with Crippen molar-refractivity contribution in [1.82, 2.24) is 25.1 Å². The van der Waals surface area contributed by atoms with E-state index in [1.807, 2.05) is 6.20 Å². The number of aromatic nitrogens is 2. The van der Waals surface area contributed by atoms with E-state index in [0.717, 1.165) is 38.5 Å². The molecule has 0 amide bonds. The van der Waals surface area contributed by atoms with Crippen LogP contribution in [0.5, 0.6) is 0 Å². The average molecular weight is 233 g/mol. The normalized spacial score (nSPS) is 26.1. The Labute approximate surface area is 102 Å². The van der Waals surface area contributed by atoms with Crippen molar-refractivity contribution in [2.45, 2.75) is 19.1 Å². The summed E-state index contributed by atoms with van der Waals surface area (Å²) >= 11 is 0. The zero-order chi connectivity index (χ0) is 11.8. The Morgan fingerprint density at radius 3 is 3.06 bits per heavy atom. The van der Waals surface area contributed by atoms with Gasteiger partial charge in [-0.25, -0.2) is 9.97 Å². The molecule has 0 aliphatic carbocycles. The summed E-state index contributed by atoms with van der Waals surface area (Å²) in [4.78, 5) is 14.0. The molecule has 1 saturated heterocycles. The number of hydrogen-bond acceptors (Lipinski definition) is 5. The van der Waals surface area contributed by atoms with Crippen LogP contribution in [0.1, 0.15) is 23.1 Å². The first-order chi connectivity index (χ1) is 8.24. The first kappa shape index (κ1) is 11.1. The summed E-state index contributed by atoms with van der Waals surface area (Å²) in [5.41, 5.74) is 2.43. The van der Waals surface area contributed by atoms with E-state index in [1.165, 1.54) is 11.3 Å². The number of rotatable bonds is 1. The minimum absolute atomic E-state index is 0.333. The van der Waals surface area contributed by atoms with Crippen molar-refractivity contribution in [2.24, 2.45) is 0 Å². The fourth-order valence-electron chi connectivity index (χ4n) is 2.52. The molecule has 1 atom stereocenters. The van der Waals surface area contributed by atoms with Gasteiger partial charge in [0.25, 0.3) is 0 Å². The van der Waals surface area contributed by atoms with Gasteiger partial charge < -0.3 is 10.2 Å². The third kappa shape index (κ3) is 2.06. The van der Waals surface area contributed by atoms with E-state index in [4.69, 9.17) is 4.98 Å². The molecule has 5 heteroatoms. The number of nitrogens with one attached hydrogen (secondary N) is 1. The number of piperazine rings is 1. The molecule has 1 unspecified atom stereocenters. The standard InChI is InChI=1S/C12H19N5/c1-16-3-4-17(2)11(8-16)12-14-6-9-5-13-7-10(9)15-12/h6,11,13H,3-5,7-8H2,1-2H3. The fourth-order valence-corrected chi connectivity index (χ4v) is 2.52. The van der Waals surface area contributed by atoms with Crippen molar-refractivity contribution >= 4 is 0 Å². The van der Waals surface area contributed by atoms with Crippen LogP contribution >= 0.6 is 0 Å². The molecule has 3 rings (SSSR count). The fraction of sp³-hybridized carbons (Fsp3) is 0.667. The number of fused-ring (bicyclic) bond motifs is 1. The second-order valence-corrected chi connectivity index (χ2v) is 5.06.